The van der Waals surface area contributed by atoms with Gasteiger partial charge in [-0.2, -0.15) is 0 Å². The minimum absolute atomic E-state index is 0.264. The molecule has 1 aliphatic heterocycles. The van der Waals surface area contributed by atoms with Gasteiger partial charge in [-0.15, -0.1) is 0 Å². The summed E-state index contributed by atoms with van der Waals surface area (Å²) in [5, 5.41) is 3.29. The fraction of sp³-hybridized carbons (Fsp3) is 0.500. The van der Waals surface area contributed by atoms with E-state index in [2.05, 4.69) is 10.3 Å². The first kappa shape index (κ1) is 12.5. The largest absolute Gasteiger partial charge is 0.322 e. The number of nitrogens with zero attached hydrogens (tertiary/aromatic N) is 2. The highest BCUT2D eigenvalue weighted by Crippen LogP contribution is 2.28. The van der Waals surface area contributed by atoms with Gasteiger partial charge in [-0.1, -0.05) is 12.1 Å². The highest BCUT2D eigenvalue weighted by molar-refractivity contribution is 5.76. The van der Waals surface area contributed by atoms with Crippen LogP contribution in [-0.2, 0) is 6.54 Å². The van der Waals surface area contributed by atoms with E-state index in [1.54, 1.807) is 4.57 Å². The highest BCUT2D eigenvalue weighted by Gasteiger charge is 2.23. The summed E-state index contributed by atoms with van der Waals surface area (Å²) in [6.45, 7) is 1.60. The van der Waals surface area contributed by atoms with Crippen molar-refractivity contribution in [3.63, 3.8) is 0 Å². The second kappa shape index (κ2) is 5.25. The third-order valence-electron chi connectivity index (χ3n) is 3.71. The van der Waals surface area contributed by atoms with E-state index in [0.29, 0.717) is 0 Å². The molecule has 3 nitrogen and oxygen atoms in total. The summed E-state index contributed by atoms with van der Waals surface area (Å²) in [4.78, 5) is 4.59. The molecule has 0 amide bonds. The number of alkyl halides is 2. The summed E-state index contributed by atoms with van der Waals surface area (Å²) < 4.78 is 27.3. The van der Waals surface area contributed by atoms with Crippen LogP contribution in [0.4, 0.5) is 8.78 Å². The molecule has 0 radical (unpaired) electrons. The normalized spacial score (nSPS) is 17.4. The fourth-order valence-electron chi connectivity index (χ4n) is 2.82. The molecule has 2 aromatic rings. The number of nitrogens with one attached hydrogen (secondary N) is 1. The zero-order chi connectivity index (χ0) is 13.2. The third-order valence-corrected chi connectivity index (χ3v) is 3.71. The molecule has 3 rings (SSSR count). The van der Waals surface area contributed by atoms with Crippen molar-refractivity contribution in [3.8, 4) is 0 Å². The smallest absolute Gasteiger partial charge is 0.256 e. The molecule has 1 fully saturated rings. The summed E-state index contributed by atoms with van der Waals surface area (Å²) in [7, 11) is 0. The van der Waals surface area contributed by atoms with Crippen molar-refractivity contribution in [1.82, 2.24) is 14.9 Å². The Morgan fingerprint density at radius 2 is 2.00 bits per heavy atom. The lowest BCUT2D eigenvalue weighted by atomic mass is 9.97. The Morgan fingerprint density at radius 1 is 1.26 bits per heavy atom. The Balaban J connectivity index is 2.05. The van der Waals surface area contributed by atoms with Crippen LogP contribution in [0, 0.1) is 0 Å². The van der Waals surface area contributed by atoms with Crippen molar-refractivity contribution in [2.75, 3.05) is 13.1 Å². The zero-order valence-corrected chi connectivity index (χ0v) is 10.6. The molecule has 19 heavy (non-hydrogen) atoms. The number of fused-ring (bicyclic) bond motifs is 1. The average molecular weight is 265 g/mol. The fourth-order valence-corrected chi connectivity index (χ4v) is 2.82. The Kier molecular flexibility index (Phi) is 3.46. The van der Waals surface area contributed by atoms with Gasteiger partial charge in [0.15, 0.2) is 0 Å². The van der Waals surface area contributed by atoms with Crippen LogP contribution >= 0.6 is 0 Å². The third kappa shape index (κ3) is 2.47. The lowest BCUT2D eigenvalue weighted by Gasteiger charge is -2.23. The quantitative estimate of drug-likeness (QED) is 0.924. The van der Waals surface area contributed by atoms with Gasteiger partial charge in [-0.05, 0) is 38.1 Å². The number of piperidine rings is 1. The number of benzene rings is 1. The van der Waals surface area contributed by atoms with E-state index in [1.165, 1.54) is 0 Å². The molecule has 1 saturated heterocycles. The van der Waals surface area contributed by atoms with Crippen LogP contribution in [0.2, 0.25) is 0 Å². The Hall–Kier alpha value is -1.49. The highest BCUT2D eigenvalue weighted by atomic mass is 19.3. The number of rotatable bonds is 3. The monoisotopic (exact) mass is 265 g/mol. The van der Waals surface area contributed by atoms with Gasteiger partial charge in [-0.25, -0.2) is 13.8 Å². The van der Waals surface area contributed by atoms with E-state index in [0.717, 1.165) is 42.8 Å². The predicted octanol–water partition coefficient (Wildman–Crippen LogP) is 2.77. The SMILES string of the molecule is FC(F)Cn1c(C2CCNCC2)nc2ccccc21. The van der Waals surface area contributed by atoms with Crippen LogP contribution in [-0.4, -0.2) is 29.1 Å². The molecule has 1 N–H and O–H groups in total. The molecule has 1 aromatic carbocycles. The number of hydrogen-bond donors (Lipinski definition) is 1. The van der Waals surface area contributed by atoms with E-state index in [-0.39, 0.29) is 12.5 Å². The molecule has 0 spiro atoms. The van der Waals surface area contributed by atoms with Gasteiger partial charge >= 0.3 is 0 Å². The molecule has 0 bridgehead atoms. The molecule has 1 aliphatic rings. The number of imidazole rings is 1. The van der Waals surface area contributed by atoms with Gasteiger partial charge in [-0.3, -0.25) is 0 Å². The summed E-state index contributed by atoms with van der Waals surface area (Å²) in [6, 6.07) is 7.53. The lowest BCUT2D eigenvalue weighted by molar-refractivity contribution is 0.126. The maximum atomic E-state index is 12.8. The molecule has 5 heteroatoms. The number of para-hydroxylation sites is 2. The van der Waals surface area contributed by atoms with E-state index in [9.17, 15) is 8.78 Å². The van der Waals surface area contributed by atoms with Crippen molar-refractivity contribution in [2.24, 2.45) is 0 Å². The Bertz CT molecular complexity index is 559. The minimum atomic E-state index is -2.35. The molecule has 0 atom stereocenters. The maximum Gasteiger partial charge on any atom is 0.256 e. The first-order valence-electron chi connectivity index (χ1n) is 6.69. The second-order valence-corrected chi connectivity index (χ2v) is 4.98. The first-order chi connectivity index (χ1) is 9.25. The number of aromatic nitrogens is 2. The van der Waals surface area contributed by atoms with Crippen LogP contribution in [0.15, 0.2) is 24.3 Å². The van der Waals surface area contributed by atoms with Crippen molar-refractivity contribution < 1.29 is 8.78 Å². The van der Waals surface area contributed by atoms with Gasteiger partial charge in [0.2, 0.25) is 0 Å². The lowest BCUT2D eigenvalue weighted by Crippen LogP contribution is -2.28. The maximum absolute atomic E-state index is 12.8. The summed E-state index contributed by atoms with van der Waals surface area (Å²) >= 11 is 0. The Labute approximate surface area is 110 Å². The average Bonchev–Trinajstić information content (AvgIpc) is 2.78. The molecule has 0 unspecified atom stereocenters. The van der Waals surface area contributed by atoms with Gasteiger partial charge in [0.1, 0.15) is 5.82 Å². The van der Waals surface area contributed by atoms with E-state index in [4.69, 9.17) is 0 Å². The van der Waals surface area contributed by atoms with E-state index < -0.39 is 6.43 Å². The van der Waals surface area contributed by atoms with Crippen LogP contribution < -0.4 is 5.32 Å². The van der Waals surface area contributed by atoms with Crippen molar-refractivity contribution in [1.29, 1.82) is 0 Å². The summed E-state index contributed by atoms with van der Waals surface area (Å²) in [6.07, 6.45) is -0.419. The number of halogens is 2. The molecule has 0 saturated carbocycles. The van der Waals surface area contributed by atoms with Crippen LogP contribution in [0.3, 0.4) is 0 Å². The van der Waals surface area contributed by atoms with Crippen molar-refractivity contribution >= 4 is 11.0 Å². The second-order valence-electron chi connectivity index (χ2n) is 4.98. The topological polar surface area (TPSA) is 29.9 Å². The minimum Gasteiger partial charge on any atom is -0.322 e. The van der Waals surface area contributed by atoms with Gasteiger partial charge in [0.25, 0.3) is 6.43 Å². The van der Waals surface area contributed by atoms with Crippen LogP contribution in [0.1, 0.15) is 24.6 Å². The molecule has 0 aliphatic carbocycles. The first-order valence-corrected chi connectivity index (χ1v) is 6.69. The van der Waals surface area contributed by atoms with E-state index >= 15 is 0 Å². The van der Waals surface area contributed by atoms with E-state index in [1.807, 2.05) is 24.3 Å². The van der Waals surface area contributed by atoms with Crippen molar-refractivity contribution in [3.05, 3.63) is 30.1 Å². The molecule has 102 valence electrons. The summed E-state index contributed by atoms with van der Waals surface area (Å²) in [5.41, 5.74) is 1.63. The molecule has 1 aromatic heterocycles. The van der Waals surface area contributed by atoms with Crippen LogP contribution in [0.25, 0.3) is 11.0 Å². The van der Waals surface area contributed by atoms with Crippen molar-refractivity contribution in [2.45, 2.75) is 31.7 Å². The standard InChI is InChI=1S/C14H17F2N3/c15-13(16)9-19-12-4-2-1-3-11(12)18-14(19)10-5-7-17-8-6-10/h1-4,10,13,17H,5-9H2. The zero-order valence-electron chi connectivity index (χ0n) is 10.6. The van der Waals surface area contributed by atoms with Crippen LogP contribution in [0.5, 0.6) is 0 Å². The summed E-state index contributed by atoms with van der Waals surface area (Å²) in [5.74, 6) is 1.11. The molecule has 2 heterocycles. The molecular formula is C14H17F2N3. The number of hydrogen-bond acceptors (Lipinski definition) is 2. The van der Waals surface area contributed by atoms with Gasteiger partial charge < -0.3 is 9.88 Å². The Morgan fingerprint density at radius 3 is 2.74 bits per heavy atom. The predicted molar refractivity (Wildman–Crippen MR) is 70.6 cm³/mol. The molecular weight excluding hydrogens is 248 g/mol. The van der Waals surface area contributed by atoms with Gasteiger partial charge in [0.05, 0.1) is 17.6 Å². The van der Waals surface area contributed by atoms with Gasteiger partial charge in [0, 0.05) is 5.92 Å².